The van der Waals surface area contributed by atoms with Crippen LogP contribution in [-0.4, -0.2) is 0 Å². The Bertz CT molecular complexity index is 452. The zero-order chi connectivity index (χ0) is 11.5. The highest BCUT2D eigenvalue weighted by Crippen LogP contribution is 2.35. The first kappa shape index (κ1) is 11.6. The number of rotatable bonds is 2. The van der Waals surface area contributed by atoms with E-state index in [1.165, 1.54) is 21.4 Å². The number of nitriles is 2. The van der Waals surface area contributed by atoms with E-state index >= 15 is 0 Å². The second-order valence-electron chi connectivity index (χ2n) is 2.94. The Balaban J connectivity index is 3.22. The molecule has 0 aliphatic rings. The van der Waals surface area contributed by atoms with Crippen LogP contribution in [0.15, 0.2) is 18.2 Å². The van der Waals surface area contributed by atoms with Crippen molar-refractivity contribution in [2.24, 2.45) is 0 Å². The van der Waals surface area contributed by atoms with Crippen molar-refractivity contribution in [2.75, 3.05) is 0 Å². The van der Waals surface area contributed by atoms with Crippen LogP contribution in [0.2, 0.25) is 0 Å². The van der Waals surface area contributed by atoms with E-state index in [1.807, 2.05) is 6.07 Å². The van der Waals surface area contributed by atoms with Gasteiger partial charge in [-0.1, -0.05) is 21.4 Å². The van der Waals surface area contributed by atoms with Crippen LogP contribution >= 0.6 is 9.24 Å². The topological polar surface area (TPSA) is 47.6 Å². The molecule has 15 heavy (non-hydrogen) atoms. The number of benzene rings is 1. The Kier molecular flexibility index (Phi) is 3.35. The number of alkyl halides is 2. The Hall–Kier alpha value is -1.51. The molecule has 0 radical (unpaired) electrons. The summed E-state index contributed by atoms with van der Waals surface area (Å²) in [6, 6.07) is 7.39. The second-order valence-corrected chi connectivity index (χ2v) is 3.67. The van der Waals surface area contributed by atoms with Crippen LogP contribution in [-0.2, 0) is 12.1 Å². The molecule has 1 aromatic rings. The molecule has 0 aromatic heterocycles. The predicted molar refractivity (Wildman–Crippen MR) is 54.1 cm³/mol. The molecule has 0 spiro atoms. The quantitative estimate of drug-likeness (QED) is 0.724. The number of hydrogen-bond donors (Lipinski definition) is 0. The first-order chi connectivity index (χ1) is 6.99. The van der Waals surface area contributed by atoms with Gasteiger partial charge in [-0.25, -0.2) is 0 Å². The molecule has 0 bridgehead atoms. The van der Waals surface area contributed by atoms with E-state index in [0.29, 0.717) is 5.56 Å². The summed E-state index contributed by atoms with van der Waals surface area (Å²) in [5.74, 6) is 0. The molecule has 5 heteroatoms. The minimum atomic E-state index is -3.04. The summed E-state index contributed by atoms with van der Waals surface area (Å²) >= 11 is 0. The van der Waals surface area contributed by atoms with Gasteiger partial charge in [-0.2, -0.15) is 19.3 Å². The van der Waals surface area contributed by atoms with Crippen molar-refractivity contribution in [3.05, 3.63) is 34.9 Å². The zero-order valence-electron chi connectivity index (χ0n) is 7.67. The molecule has 0 aliphatic heterocycles. The fraction of sp³-hybridized carbons (Fsp3) is 0.200. The minimum Gasteiger partial charge on any atom is -0.198 e. The van der Waals surface area contributed by atoms with Crippen LogP contribution in [0, 0.1) is 22.7 Å². The standard InChI is InChI=1S/C10H7F2N2P/c11-10(12,15)9-2-1-7(3-4-13)8(5-9)6-14/h1-2,5H,3,15H2. The lowest BCUT2D eigenvalue weighted by atomic mass is 10.0. The van der Waals surface area contributed by atoms with Crippen molar-refractivity contribution in [1.29, 1.82) is 10.5 Å². The molecule has 0 fully saturated rings. The summed E-state index contributed by atoms with van der Waals surface area (Å²) in [5.41, 5.74) is -2.70. The van der Waals surface area contributed by atoms with Crippen LogP contribution in [0.25, 0.3) is 0 Å². The molecule has 0 amide bonds. The molecular formula is C10H7F2N2P. The fourth-order valence-electron chi connectivity index (χ4n) is 1.13. The van der Waals surface area contributed by atoms with Crippen molar-refractivity contribution in [3.8, 4) is 12.1 Å². The van der Waals surface area contributed by atoms with Gasteiger partial charge in [0.1, 0.15) is 0 Å². The summed E-state index contributed by atoms with van der Waals surface area (Å²) in [4.78, 5) is 0. The van der Waals surface area contributed by atoms with Crippen LogP contribution in [0.1, 0.15) is 16.7 Å². The third-order valence-corrected chi connectivity index (χ3v) is 2.22. The third kappa shape index (κ3) is 2.72. The molecule has 1 rings (SSSR count). The Labute approximate surface area is 88.3 Å². The van der Waals surface area contributed by atoms with Gasteiger partial charge in [-0.3, -0.25) is 0 Å². The van der Waals surface area contributed by atoms with Gasteiger partial charge in [-0.15, -0.1) is 0 Å². The molecule has 1 atom stereocenters. The largest absolute Gasteiger partial charge is 0.283 e. The van der Waals surface area contributed by atoms with Gasteiger partial charge in [0.25, 0.3) is 5.66 Å². The Morgan fingerprint density at radius 2 is 2.00 bits per heavy atom. The Morgan fingerprint density at radius 3 is 2.47 bits per heavy atom. The molecule has 2 nitrogen and oxygen atoms in total. The maximum absolute atomic E-state index is 12.9. The monoisotopic (exact) mass is 224 g/mol. The summed E-state index contributed by atoms with van der Waals surface area (Å²) in [6.45, 7) is 0. The van der Waals surface area contributed by atoms with Crippen molar-refractivity contribution in [1.82, 2.24) is 0 Å². The van der Waals surface area contributed by atoms with Gasteiger partial charge in [0.05, 0.1) is 24.1 Å². The van der Waals surface area contributed by atoms with Crippen LogP contribution in [0.4, 0.5) is 8.78 Å². The van der Waals surface area contributed by atoms with Gasteiger partial charge in [0, 0.05) is 5.56 Å². The lowest BCUT2D eigenvalue weighted by Crippen LogP contribution is -2.03. The van der Waals surface area contributed by atoms with Crippen LogP contribution in [0.3, 0.4) is 0 Å². The molecule has 1 aromatic carbocycles. The highest BCUT2D eigenvalue weighted by molar-refractivity contribution is 7.17. The first-order valence-corrected chi connectivity index (χ1v) is 4.64. The lowest BCUT2D eigenvalue weighted by molar-refractivity contribution is 0.104. The highest BCUT2D eigenvalue weighted by Gasteiger charge is 2.25. The van der Waals surface area contributed by atoms with Crippen LogP contribution < -0.4 is 0 Å². The molecule has 0 saturated carbocycles. The number of nitrogens with zero attached hydrogens (tertiary/aromatic N) is 2. The van der Waals surface area contributed by atoms with Gasteiger partial charge in [0.2, 0.25) is 0 Å². The van der Waals surface area contributed by atoms with Gasteiger partial charge < -0.3 is 0 Å². The van der Waals surface area contributed by atoms with E-state index in [4.69, 9.17) is 10.5 Å². The SMILES string of the molecule is N#CCc1ccc(C(F)(F)P)cc1C#N. The zero-order valence-corrected chi connectivity index (χ0v) is 8.82. The summed E-state index contributed by atoms with van der Waals surface area (Å²) in [7, 11) is 1.41. The third-order valence-electron chi connectivity index (χ3n) is 1.88. The molecule has 76 valence electrons. The maximum atomic E-state index is 12.9. The predicted octanol–water partition coefficient (Wildman–Crippen LogP) is 2.55. The maximum Gasteiger partial charge on any atom is 0.283 e. The van der Waals surface area contributed by atoms with E-state index < -0.39 is 5.66 Å². The van der Waals surface area contributed by atoms with Crippen molar-refractivity contribution in [2.45, 2.75) is 12.1 Å². The van der Waals surface area contributed by atoms with Crippen LogP contribution in [0.5, 0.6) is 0 Å². The molecule has 0 N–H and O–H groups in total. The number of hydrogen-bond acceptors (Lipinski definition) is 2. The Morgan fingerprint density at radius 1 is 1.33 bits per heavy atom. The van der Waals surface area contributed by atoms with Crippen molar-refractivity contribution < 1.29 is 8.78 Å². The average Bonchev–Trinajstić information content (AvgIpc) is 2.17. The molecule has 0 heterocycles. The fourth-order valence-corrected chi connectivity index (χ4v) is 1.31. The number of halogens is 2. The second kappa shape index (κ2) is 4.34. The summed E-state index contributed by atoms with van der Waals surface area (Å²) < 4.78 is 25.8. The van der Waals surface area contributed by atoms with Crippen molar-refractivity contribution in [3.63, 3.8) is 0 Å². The first-order valence-electron chi connectivity index (χ1n) is 4.06. The van der Waals surface area contributed by atoms with Gasteiger partial charge in [-0.05, 0) is 11.6 Å². The lowest BCUT2D eigenvalue weighted by Gasteiger charge is -2.11. The smallest absolute Gasteiger partial charge is 0.198 e. The molecular weight excluding hydrogens is 217 g/mol. The van der Waals surface area contributed by atoms with E-state index in [0.717, 1.165) is 6.07 Å². The summed E-state index contributed by atoms with van der Waals surface area (Å²) in [5, 5.41) is 17.2. The highest BCUT2D eigenvalue weighted by atomic mass is 31.0. The normalized spacial score (nSPS) is 10.5. The molecule has 1 unspecified atom stereocenters. The van der Waals surface area contributed by atoms with Gasteiger partial charge >= 0.3 is 0 Å². The summed E-state index contributed by atoms with van der Waals surface area (Å²) in [6.07, 6.45) is 0.0472. The van der Waals surface area contributed by atoms with E-state index in [-0.39, 0.29) is 17.5 Å². The van der Waals surface area contributed by atoms with Crippen molar-refractivity contribution >= 4 is 9.24 Å². The van der Waals surface area contributed by atoms with E-state index in [2.05, 4.69) is 0 Å². The molecule has 0 aliphatic carbocycles. The minimum absolute atomic E-state index is 0.0472. The van der Waals surface area contributed by atoms with Gasteiger partial charge in [0.15, 0.2) is 0 Å². The van der Waals surface area contributed by atoms with E-state index in [1.54, 1.807) is 6.07 Å². The van der Waals surface area contributed by atoms with E-state index in [9.17, 15) is 8.78 Å². The average molecular weight is 224 g/mol. The molecule has 0 saturated heterocycles.